The van der Waals surface area contributed by atoms with Crippen LogP contribution in [0.4, 0.5) is 5.69 Å². The van der Waals surface area contributed by atoms with Crippen LogP contribution in [0.1, 0.15) is 11.1 Å². The molecule has 2 aromatic carbocycles. The number of halogens is 2. The summed E-state index contributed by atoms with van der Waals surface area (Å²) in [6.07, 6.45) is 0.664. The number of methoxy groups -OCH3 is 1. The lowest BCUT2D eigenvalue weighted by atomic mass is 10.2. The summed E-state index contributed by atoms with van der Waals surface area (Å²) in [5.74, 6) is 0.867. The number of hydrogen-bond acceptors (Lipinski definition) is 5. The molecular formula is C19H19Cl2N3O2. The van der Waals surface area contributed by atoms with Crippen molar-refractivity contribution >= 4 is 34.8 Å². The fourth-order valence-electron chi connectivity index (χ4n) is 2.57. The van der Waals surface area contributed by atoms with Crippen molar-refractivity contribution in [2.24, 2.45) is 4.99 Å². The molecule has 2 aromatic rings. The van der Waals surface area contributed by atoms with Crippen LogP contribution in [0, 0.1) is 6.92 Å². The molecule has 1 heterocycles. The number of aliphatic hydroxyl groups excluding tert-OH is 1. The molecule has 0 saturated heterocycles. The first-order valence-electron chi connectivity index (χ1n) is 8.02. The van der Waals surface area contributed by atoms with Gasteiger partial charge in [-0.2, -0.15) is 0 Å². The molecule has 1 atom stereocenters. The summed E-state index contributed by atoms with van der Waals surface area (Å²) >= 11 is 12.2. The van der Waals surface area contributed by atoms with Crippen LogP contribution >= 0.6 is 23.2 Å². The van der Waals surface area contributed by atoms with Crippen molar-refractivity contribution in [1.82, 2.24) is 4.90 Å². The Balaban J connectivity index is 1.89. The predicted molar refractivity (Wildman–Crippen MR) is 105 cm³/mol. The van der Waals surface area contributed by atoms with Crippen molar-refractivity contribution in [3.8, 4) is 0 Å². The van der Waals surface area contributed by atoms with Crippen molar-refractivity contribution in [2.45, 2.75) is 19.7 Å². The molecule has 0 aromatic heterocycles. The lowest BCUT2D eigenvalue weighted by Crippen LogP contribution is -2.38. The van der Waals surface area contributed by atoms with E-state index in [9.17, 15) is 5.11 Å². The van der Waals surface area contributed by atoms with Gasteiger partial charge in [0.2, 0.25) is 12.2 Å². The summed E-state index contributed by atoms with van der Waals surface area (Å²) in [6, 6.07) is 13.1. The molecule has 1 unspecified atom stereocenters. The highest BCUT2D eigenvalue weighted by atomic mass is 35.5. The first kappa shape index (κ1) is 18.6. The quantitative estimate of drug-likeness (QED) is 0.810. The van der Waals surface area contributed by atoms with Gasteiger partial charge in [-0.05, 0) is 42.3 Å². The summed E-state index contributed by atoms with van der Waals surface area (Å²) in [6.45, 7) is 2.45. The van der Waals surface area contributed by atoms with Gasteiger partial charge < -0.3 is 20.1 Å². The van der Waals surface area contributed by atoms with Gasteiger partial charge in [-0.15, -0.1) is 0 Å². The monoisotopic (exact) mass is 391 g/mol. The van der Waals surface area contributed by atoms with E-state index in [1.165, 1.54) is 7.11 Å². The van der Waals surface area contributed by atoms with Crippen LogP contribution in [-0.2, 0) is 11.3 Å². The number of ether oxygens (including phenoxy) is 1. The molecular weight excluding hydrogens is 373 g/mol. The molecule has 0 bridgehead atoms. The Hall–Kier alpha value is -2.21. The second kappa shape index (κ2) is 7.99. The van der Waals surface area contributed by atoms with Gasteiger partial charge in [0.25, 0.3) is 0 Å². The van der Waals surface area contributed by atoms with E-state index in [2.05, 4.69) is 10.3 Å². The first-order valence-corrected chi connectivity index (χ1v) is 8.78. The minimum Gasteiger partial charge on any atom is -0.495 e. The topological polar surface area (TPSA) is 57.1 Å². The Morgan fingerprint density at radius 1 is 1.19 bits per heavy atom. The van der Waals surface area contributed by atoms with Gasteiger partial charge in [-0.3, -0.25) is 0 Å². The Bertz CT molecular complexity index is 850. The van der Waals surface area contributed by atoms with E-state index >= 15 is 0 Å². The smallest absolute Gasteiger partial charge is 0.208 e. The minimum absolute atomic E-state index is 0.368. The van der Waals surface area contributed by atoms with Crippen molar-refractivity contribution in [3.05, 3.63) is 75.6 Å². The molecule has 0 saturated carbocycles. The zero-order chi connectivity index (χ0) is 18.7. The summed E-state index contributed by atoms with van der Waals surface area (Å²) in [5, 5.41) is 14.8. The van der Waals surface area contributed by atoms with Gasteiger partial charge in [0.1, 0.15) is 0 Å². The van der Waals surface area contributed by atoms with E-state index in [-0.39, 0.29) is 0 Å². The largest absolute Gasteiger partial charge is 0.495 e. The second-order valence-corrected chi connectivity index (χ2v) is 6.70. The molecule has 0 spiro atoms. The van der Waals surface area contributed by atoms with Crippen LogP contribution in [0.15, 0.2) is 59.4 Å². The summed E-state index contributed by atoms with van der Waals surface area (Å²) < 4.78 is 5.22. The molecule has 0 aliphatic carbocycles. The molecule has 0 radical (unpaired) electrons. The number of hydrogen-bond donors (Lipinski definition) is 2. The van der Waals surface area contributed by atoms with Gasteiger partial charge in [0.15, 0.2) is 5.76 Å². The third kappa shape index (κ3) is 4.12. The van der Waals surface area contributed by atoms with Crippen LogP contribution in [0.5, 0.6) is 0 Å². The fourth-order valence-corrected chi connectivity index (χ4v) is 2.87. The molecule has 2 N–H and O–H groups in total. The lowest BCUT2D eigenvalue weighted by molar-refractivity contribution is 0.124. The predicted octanol–water partition coefficient (Wildman–Crippen LogP) is 4.39. The van der Waals surface area contributed by atoms with Gasteiger partial charge in [-0.1, -0.05) is 41.4 Å². The van der Waals surface area contributed by atoms with Gasteiger partial charge in [0, 0.05) is 21.9 Å². The van der Waals surface area contributed by atoms with E-state index in [1.807, 2.05) is 54.3 Å². The average molecular weight is 392 g/mol. The molecule has 7 heteroatoms. The summed E-state index contributed by atoms with van der Waals surface area (Å²) in [7, 11) is 1.50. The van der Waals surface area contributed by atoms with Crippen molar-refractivity contribution in [1.29, 1.82) is 0 Å². The van der Waals surface area contributed by atoms with E-state index in [1.54, 1.807) is 6.20 Å². The van der Waals surface area contributed by atoms with Gasteiger partial charge in [0.05, 0.1) is 13.7 Å². The number of nitrogens with one attached hydrogen (secondary N) is 1. The van der Waals surface area contributed by atoms with Crippen molar-refractivity contribution < 1.29 is 9.84 Å². The van der Waals surface area contributed by atoms with E-state index in [4.69, 9.17) is 27.9 Å². The molecule has 0 fully saturated rings. The van der Waals surface area contributed by atoms with E-state index in [0.717, 1.165) is 16.8 Å². The standard InChI is InChI=1S/C19H19Cl2N3O2/c1-12-15(21)4-3-5-16(12)22-19-23-18(25)17(26-2)11-24(19)10-13-6-8-14(20)9-7-13/h3-9,11,18,25H,10H2,1-2H3,(H,22,23). The maximum absolute atomic E-state index is 10.2. The van der Waals surface area contributed by atoms with Crippen LogP contribution in [-0.4, -0.2) is 29.3 Å². The molecule has 1 aliphatic heterocycles. The van der Waals surface area contributed by atoms with E-state index < -0.39 is 6.23 Å². The second-order valence-electron chi connectivity index (χ2n) is 5.85. The van der Waals surface area contributed by atoms with Crippen molar-refractivity contribution in [2.75, 3.05) is 12.4 Å². The normalized spacial score (nSPS) is 16.8. The zero-order valence-electron chi connectivity index (χ0n) is 14.4. The first-order chi connectivity index (χ1) is 12.5. The molecule has 3 rings (SSSR count). The molecule has 5 nitrogen and oxygen atoms in total. The van der Waals surface area contributed by atoms with Crippen molar-refractivity contribution in [3.63, 3.8) is 0 Å². The highest BCUT2D eigenvalue weighted by Crippen LogP contribution is 2.25. The Labute approximate surface area is 162 Å². The van der Waals surface area contributed by atoms with Gasteiger partial charge >= 0.3 is 0 Å². The summed E-state index contributed by atoms with van der Waals surface area (Å²) in [5.41, 5.74) is 2.76. The van der Waals surface area contributed by atoms with Crippen LogP contribution in [0.2, 0.25) is 10.0 Å². The SMILES string of the molecule is COC1=CN(Cc2ccc(Cl)cc2)C(Nc2cccc(Cl)c2C)=NC1O. The highest BCUT2D eigenvalue weighted by molar-refractivity contribution is 6.31. The maximum atomic E-state index is 10.2. The Morgan fingerprint density at radius 2 is 1.92 bits per heavy atom. The van der Waals surface area contributed by atoms with Crippen LogP contribution < -0.4 is 5.32 Å². The fraction of sp³-hybridized carbons (Fsp3) is 0.211. The zero-order valence-corrected chi connectivity index (χ0v) is 15.9. The van der Waals surface area contributed by atoms with Crippen LogP contribution in [0.3, 0.4) is 0 Å². The molecule has 1 aliphatic rings. The number of rotatable bonds is 4. The number of anilines is 1. The minimum atomic E-state index is -1.07. The molecule has 26 heavy (non-hydrogen) atoms. The van der Waals surface area contributed by atoms with Crippen LogP contribution in [0.25, 0.3) is 0 Å². The van der Waals surface area contributed by atoms with Gasteiger partial charge in [-0.25, -0.2) is 4.99 Å². The Morgan fingerprint density at radius 3 is 2.62 bits per heavy atom. The number of guanidine groups is 1. The number of benzene rings is 2. The Kier molecular flexibility index (Phi) is 5.71. The maximum Gasteiger partial charge on any atom is 0.208 e. The number of aliphatic imine (C=N–C) groups is 1. The third-order valence-corrected chi connectivity index (χ3v) is 4.73. The lowest BCUT2D eigenvalue weighted by Gasteiger charge is -2.29. The average Bonchev–Trinajstić information content (AvgIpc) is 2.63. The summed E-state index contributed by atoms with van der Waals surface area (Å²) in [4.78, 5) is 6.19. The third-order valence-electron chi connectivity index (χ3n) is 4.07. The van der Waals surface area contributed by atoms with E-state index in [0.29, 0.717) is 28.3 Å². The molecule has 0 amide bonds. The number of nitrogens with zero attached hydrogens (tertiary/aromatic N) is 2. The number of aliphatic hydroxyl groups is 1. The highest BCUT2D eigenvalue weighted by Gasteiger charge is 2.23. The molecule has 136 valence electrons.